The quantitative estimate of drug-likeness (QED) is 0.263. The van der Waals surface area contributed by atoms with Crippen molar-refractivity contribution in [3.05, 3.63) is 0 Å². The molecule has 0 atom stereocenters. The van der Waals surface area contributed by atoms with Gasteiger partial charge in [0.2, 0.25) is 0 Å². The molecule has 0 fully saturated rings. The molecule has 13 heteroatoms. The Morgan fingerprint density at radius 3 is 1.00 bits per heavy atom. The van der Waals surface area contributed by atoms with Gasteiger partial charge in [-0.25, -0.2) is 9.13 Å². The molecule has 0 saturated heterocycles. The maximum Gasteiger partial charge on any atom is 0.316 e. The van der Waals surface area contributed by atoms with Crippen LogP contribution in [0.15, 0.2) is 0 Å². The minimum atomic E-state index is -5.05. The van der Waals surface area contributed by atoms with Crippen molar-refractivity contribution in [3.63, 3.8) is 0 Å². The zero-order chi connectivity index (χ0) is 7.71. The normalized spacial score (nSPS) is 9.54. The van der Waals surface area contributed by atoms with Crippen molar-refractivity contribution in [2.24, 2.45) is 0 Å². The number of phosphoric acid groups is 2. The molecule has 74 valence electrons. The molecule has 0 aromatic carbocycles. The Morgan fingerprint density at radius 2 is 1.00 bits per heavy atom. The Bertz CT molecular complexity index is 165. The van der Waals surface area contributed by atoms with Crippen LogP contribution >= 0.6 is 15.6 Å². The third kappa shape index (κ3) is 31.3. The third-order valence-electron chi connectivity index (χ3n) is 0.213. The summed E-state index contributed by atoms with van der Waals surface area (Å²) in [6.45, 7) is 0. The summed E-state index contributed by atoms with van der Waals surface area (Å²) in [5.74, 6) is 0. The van der Waals surface area contributed by atoms with Crippen molar-refractivity contribution in [3.8, 4) is 0 Å². The van der Waals surface area contributed by atoms with Gasteiger partial charge in [-0.15, -0.1) is 0 Å². The first kappa shape index (κ1) is 29.9. The maximum absolute atomic E-state index is 9.63. The van der Waals surface area contributed by atoms with Gasteiger partial charge in [-0.3, -0.25) is 0 Å². The molecule has 7 N–H and O–H groups in total. The van der Waals surface area contributed by atoms with Crippen LogP contribution in [0.1, 0.15) is 0 Å². The first-order valence-corrected chi connectivity index (χ1v) is 4.59. The van der Waals surface area contributed by atoms with Crippen LogP contribution in [0.2, 0.25) is 0 Å². The fourth-order valence-corrected chi connectivity index (χ4v) is 1.25. The molecule has 0 aliphatic rings. The molecule has 8 nitrogen and oxygen atoms in total. The van der Waals surface area contributed by atoms with E-state index in [1.807, 2.05) is 0 Å². The van der Waals surface area contributed by atoms with Crippen LogP contribution in [0.25, 0.3) is 0 Å². The molecular formula is H12KMg2NO7P2. The van der Waals surface area contributed by atoms with Crippen LogP contribution in [-0.2, 0) is 13.4 Å². The molecule has 0 bridgehead atoms. The second kappa shape index (κ2) is 11.9. The van der Waals surface area contributed by atoms with Gasteiger partial charge in [0.25, 0.3) is 0 Å². The summed E-state index contributed by atoms with van der Waals surface area (Å²) in [5, 5.41) is 0. The zero-order valence-corrected chi connectivity index (χ0v) is 6.40. The standard InChI is InChI=1S/K.2Mg.H3N.H4O7P2.5H/c;;;;1-8(2,3)7-9(4,5)6;;;;;/h;;;1H3;(H2,1,2,3)(H2,4,5,6);;;;;. The van der Waals surface area contributed by atoms with Crippen molar-refractivity contribution in [2.45, 2.75) is 0 Å². The Balaban J connectivity index is -0.0000000533. The summed E-state index contributed by atoms with van der Waals surface area (Å²) < 4.78 is 22.2. The SMILES string of the molecule is N.O=P(O)(O)OP(=O)(O)O.[KH].[MgH2].[MgH2]. The van der Waals surface area contributed by atoms with Gasteiger partial charge in [-0.1, -0.05) is 0 Å². The van der Waals surface area contributed by atoms with Crippen molar-refractivity contribution in [2.75, 3.05) is 0 Å². The monoisotopic (exact) mass is 287 g/mol. The van der Waals surface area contributed by atoms with E-state index in [2.05, 4.69) is 4.31 Å². The zero-order valence-electron chi connectivity index (χ0n) is 4.62. The number of hydrogen-bond acceptors (Lipinski definition) is 4. The van der Waals surface area contributed by atoms with Gasteiger partial charge in [0.15, 0.2) is 0 Å². The Morgan fingerprint density at radius 1 is 0.846 bits per heavy atom. The van der Waals surface area contributed by atoms with Crippen LogP contribution in [0.5, 0.6) is 0 Å². The molecule has 0 aliphatic carbocycles. The van der Waals surface area contributed by atoms with Crippen molar-refractivity contribution in [1.29, 1.82) is 0 Å². The van der Waals surface area contributed by atoms with E-state index in [0.717, 1.165) is 0 Å². The van der Waals surface area contributed by atoms with Gasteiger partial charge in [-0.05, 0) is 0 Å². The van der Waals surface area contributed by atoms with Crippen LogP contribution in [0.4, 0.5) is 0 Å². The van der Waals surface area contributed by atoms with Gasteiger partial charge in [0, 0.05) is 0 Å². The van der Waals surface area contributed by atoms with Crippen molar-refractivity contribution < 1.29 is 33.0 Å². The van der Waals surface area contributed by atoms with E-state index in [1.54, 1.807) is 0 Å². The summed E-state index contributed by atoms with van der Waals surface area (Å²) in [7, 11) is -10.1. The van der Waals surface area contributed by atoms with Gasteiger partial charge in [0.1, 0.15) is 0 Å². The van der Waals surface area contributed by atoms with E-state index in [1.165, 1.54) is 0 Å². The molecule has 13 heavy (non-hydrogen) atoms. The molecule has 0 saturated carbocycles. The molecule has 0 aromatic rings. The minimum Gasteiger partial charge on any atom is 0.316 e. The smallest absolute Gasteiger partial charge is 0.316 e. The summed E-state index contributed by atoms with van der Waals surface area (Å²) in [4.78, 5) is 31.0. The van der Waals surface area contributed by atoms with E-state index in [9.17, 15) is 9.13 Å². The summed E-state index contributed by atoms with van der Waals surface area (Å²) in [5.41, 5.74) is 0. The Labute approximate surface area is 149 Å². The number of hydrogen-bond donors (Lipinski definition) is 5. The van der Waals surface area contributed by atoms with E-state index >= 15 is 0 Å². The average molecular weight is 288 g/mol. The predicted molar refractivity (Wildman–Crippen MR) is 54.4 cm³/mol. The second-order valence-electron chi connectivity index (χ2n) is 1.06. The van der Waals surface area contributed by atoms with Gasteiger partial charge < -0.3 is 25.7 Å². The fourth-order valence-electron chi connectivity index (χ4n) is 0.139. The number of rotatable bonds is 2. The predicted octanol–water partition coefficient (Wildman–Crippen LogP) is -3.13. The van der Waals surface area contributed by atoms with E-state index < -0.39 is 15.6 Å². The van der Waals surface area contributed by atoms with Crippen molar-refractivity contribution >= 4 is 113 Å². The fraction of sp³-hybridized carbons (Fsp3) is 0. The molecule has 0 heterocycles. The molecule has 0 unspecified atom stereocenters. The molecule has 0 rings (SSSR count). The molecule has 0 radical (unpaired) electrons. The van der Waals surface area contributed by atoms with E-state index in [4.69, 9.17) is 19.6 Å². The summed E-state index contributed by atoms with van der Waals surface area (Å²) in [6, 6.07) is 0. The first-order chi connectivity index (χ1) is 3.71. The Hall–Kier alpha value is 3.39. The topological polar surface area (TPSA) is 159 Å². The first-order valence-electron chi connectivity index (χ1n) is 1.53. The molecule has 0 aromatic heterocycles. The van der Waals surface area contributed by atoms with E-state index in [-0.39, 0.29) is 104 Å². The largest absolute Gasteiger partial charge is 0.316 e. The molecular weight excluding hydrogens is 276 g/mol. The van der Waals surface area contributed by atoms with Crippen molar-refractivity contribution in [1.82, 2.24) is 6.15 Å². The van der Waals surface area contributed by atoms with E-state index in [0.29, 0.717) is 0 Å². The molecule has 0 amide bonds. The van der Waals surface area contributed by atoms with Gasteiger partial charge >= 0.3 is 113 Å². The molecule has 0 aliphatic heterocycles. The average Bonchev–Trinajstić information content (AvgIpc) is 1.14. The summed E-state index contributed by atoms with van der Waals surface area (Å²) >= 11 is 0. The van der Waals surface area contributed by atoms with Gasteiger partial charge in [0.05, 0.1) is 0 Å². The second-order valence-corrected chi connectivity index (χ2v) is 3.68. The summed E-state index contributed by atoms with van der Waals surface area (Å²) in [6.07, 6.45) is 0. The minimum absolute atomic E-state index is 0. The third-order valence-corrected chi connectivity index (χ3v) is 1.91. The van der Waals surface area contributed by atoms with Crippen LogP contribution in [0.3, 0.4) is 0 Å². The van der Waals surface area contributed by atoms with Gasteiger partial charge in [-0.2, -0.15) is 4.31 Å². The van der Waals surface area contributed by atoms with Crippen LogP contribution < -0.4 is 6.15 Å². The van der Waals surface area contributed by atoms with Crippen LogP contribution in [0, 0.1) is 0 Å². The maximum atomic E-state index is 9.63. The van der Waals surface area contributed by atoms with Crippen LogP contribution in [-0.4, -0.2) is 117 Å². The Kier molecular flexibility index (Phi) is 27.3. The molecule has 0 spiro atoms.